The Labute approximate surface area is 115 Å². The van der Waals surface area contributed by atoms with Gasteiger partial charge in [0.1, 0.15) is 5.75 Å². The van der Waals surface area contributed by atoms with E-state index in [2.05, 4.69) is 41.5 Å². The topological polar surface area (TPSA) is 24.5 Å². The summed E-state index contributed by atoms with van der Waals surface area (Å²) in [5.74, 6) is 1.69. The largest absolute Gasteiger partial charge is 0.497 e. The molecule has 1 aliphatic carbocycles. The van der Waals surface area contributed by atoms with Crippen LogP contribution < -0.4 is 10.1 Å². The Balaban J connectivity index is 1.46. The molecule has 104 valence electrons. The average molecular weight is 260 g/mol. The SMILES string of the molecule is COc1ccc(C2CC(NC3CCN(C)C3)C2)cc1. The number of likely N-dealkylation sites (N-methyl/N-ethyl adjacent to an activating group) is 1. The van der Waals surface area contributed by atoms with Crippen LogP contribution in [0.3, 0.4) is 0 Å². The van der Waals surface area contributed by atoms with Crippen molar-refractivity contribution < 1.29 is 4.74 Å². The van der Waals surface area contributed by atoms with Crippen molar-refractivity contribution in [3.05, 3.63) is 29.8 Å². The lowest BCUT2D eigenvalue weighted by Crippen LogP contribution is -2.46. The van der Waals surface area contributed by atoms with Crippen LogP contribution in [0.2, 0.25) is 0 Å². The van der Waals surface area contributed by atoms with Crippen LogP contribution in [0, 0.1) is 0 Å². The van der Waals surface area contributed by atoms with E-state index in [9.17, 15) is 0 Å². The average Bonchev–Trinajstić information content (AvgIpc) is 2.79. The maximum atomic E-state index is 5.20. The Morgan fingerprint density at radius 2 is 1.89 bits per heavy atom. The molecule has 2 fully saturated rings. The molecule has 2 aliphatic rings. The van der Waals surface area contributed by atoms with Gasteiger partial charge in [-0.1, -0.05) is 12.1 Å². The van der Waals surface area contributed by atoms with Gasteiger partial charge in [-0.2, -0.15) is 0 Å². The quantitative estimate of drug-likeness (QED) is 0.898. The third kappa shape index (κ3) is 2.93. The fourth-order valence-corrected chi connectivity index (χ4v) is 3.31. The molecule has 0 spiro atoms. The molecule has 1 aliphatic heterocycles. The Morgan fingerprint density at radius 1 is 1.16 bits per heavy atom. The molecule has 1 saturated heterocycles. The molecule has 3 nitrogen and oxygen atoms in total. The third-order valence-electron chi connectivity index (χ3n) is 4.59. The van der Waals surface area contributed by atoms with Crippen molar-refractivity contribution >= 4 is 0 Å². The fraction of sp³-hybridized carbons (Fsp3) is 0.625. The number of hydrogen-bond donors (Lipinski definition) is 1. The van der Waals surface area contributed by atoms with Crippen molar-refractivity contribution in [1.82, 2.24) is 10.2 Å². The molecule has 1 saturated carbocycles. The van der Waals surface area contributed by atoms with E-state index in [-0.39, 0.29) is 0 Å². The Bertz CT molecular complexity index is 411. The second-order valence-corrected chi connectivity index (χ2v) is 6.05. The number of hydrogen-bond acceptors (Lipinski definition) is 3. The molecule has 1 heterocycles. The minimum Gasteiger partial charge on any atom is -0.497 e. The van der Waals surface area contributed by atoms with Gasteiger partial charge in [0.2, 0.25) is 0 Å². The molecule has 3 heteroatoms. The van der Waals surface area contributed by atoms with Crippen LogP contribution in [0.25, 0.3) is 0 Å². The van der Waals surface area contributed by atoms with Crippen LogP contribution in [-0.4, -0.2) is 44.2 Å². The van der Waals surface area contributed by atoms with Gasteiger partial charge >= 0.3 is 0 Å². The van der Waals surface area contributed by atoms with Gasteiger partial charge in [-0.3, -0.25) is 0 Å². The predicted octanol–water partition coefficient (Wildman–Crippen LogP) is 2.23. The molecule has 0 amide bonds. The Hall–Kier alpha value is -1.06. The molecule has 1 aromatic carbocycles. The zero-order valence-corrected chi connectivity index (χ0v) is 11.9. The highest BCUT2D eigenvalue weighted by molar-refractivity contribution is 5.30. The molecule has 0 radical (unpaired) electrons. The highest BCUT2D eigenvalue weighted by Gasteiger charge is 2.32. The van der Waals surface area contributed by atoms with E-state index in [1.807, 2.05) is 0 Å². The number of nitrogens with zero attached hydrogens (tertiary/aromatic N) is 1. The van der Waals surface area contributed by atoms with Crippen LogP contribution in [-0.2, 0) is 0 Å². The third-order valence-corrected chi connectivity index (χ3v) is 4.59. The molecule has 1 aromatic rings. The predicted molar refractivity (Wildman–Crippen MR) is 77.8 cm³/mol. The molecule has 3 rings (SSSR count). The highest BCUT2D eigenvalue weighted by atomic mass is 16.5. The van der Waals surface area contributed by atoms with E-state index in [0.717, 1.165) is 17.7 Å². The van der Waals surface area contributed by atoms with Gasteiger partial charge < -0.3 is 15.0 Å². The van der Waals surface area contributed by atoms with Gasteiger partial charge in [-0.25, -0.2) is 0 Å². The lowest BCUT2D eigenvalue weighted by molar-refractivity contribution is 0.263. The lowest BCUT2D eigenvalue weighted by Gasteiger charge is -2.38. The summed E-state index contributed by atoms with van der Waals surface area (Å²) in [5.41, 5.74) is 1.46. The first kappa shape index (κ1) is 12.9. The van der Waals surface area contributed by atoms with Gasteiger partial charge in [0.15, 0.2) is 0 Å². The standard InChI is InChI=1S/C16H24N2O/c1-18-8-7-14(11-18)17-15-9-13(10-15)12-3-5-16(19-2)6-4-12/h3-6,13-15,17H,7-11H2,1-2H3. The van der Waals surface area contributed by atoms with Crippen LogP contribution in [0.4, 0.5) is 0 Å². The summed E-state index contributed by atoms with van der Waals surface area (Å²) in [4.78, 5) is 2.41. The van der Waals surface area contributed by atoms with Crippen molar-refractivity contribution in [2.24, 2.45) is 0 Å². The minimum atomic E-state index is 0.715. The second-order valence-electron chi connectivity index (χ2n) is 6.05. The van der Waals surface area contributed by atoms with Crippen molar-refractivity contribution in [3.63, 3.8) is 0 Å². The molecule has 0 bridgehead atoms. The zero-order valence-electron chi connectivity index (χ0n) is 11.9. The summed E-state index contributed by atoms with van der Waals surface area (Å²) in [6, 6.07) is 10.0. The number of rotatable bonds is 4. The molecule has 1 N–H and O–H groups in total. The minimum absolute atomic E-state index is 0.715. The van der Waals surface area contributed by atoms with E-state index in [0.29, 0.717) is 6.04 Å². The Morgan fingerprint density at radius 3 is 2.47 bits per heavy atom. The first-order chi connectivity index (χ1) is 9.24. The lowest BCUT2D eigenvalue weighted by atomic mass is 9.75. The van der Waals surface area contributed by atoms with Gasteiger partial charge in [0.05, 0.1) is 7.11 Å². The van der Waals surface area contributed by atoms with Gasteiger partial charge in [0, 0.05) is 18.6 Å². The normalized spacial score (nSPS) is 31.2. The van der Waals surface area contributed by atoms with Gasteiger partial charge in [-0.05, 0) is 56.5 Å². The maximum absolute atomic E-state index is 5.20. The maximum Gasteiger partial charge on any atom is 0.118 e. The smallest absolute Gasteiger partial charge is 0.118 e. The number of ether oxygens (including phenoxy) is 1. The monoisotopic (exact) mass is 260 g/mol. The van der Waals surface area contributed by atoms with Crippen molar-refractivity contribution in [3.8, 4) is 5.75 Å². The molecule has 0 aromatic heterocycles. The van der Waals surface area contributed by atoms with E-state index < -0.39 is 0 Å². The van der Waals surface area contributed by atoms with E-state index >= 15 is 0 Å². The molecule has 19 heavy (non-hydrogen) atoms. The van der Waals surface area contributed by atoms with Crippen molar-refractivity contribution in [2.75, 3.05) is 27.2 Å². The van der Waals surface area contributed by atoms with E-state index in [4.69, 9.17) is 4.74 Å². The van der Waals surface area contributed by atoms with Crippen LogP contribution >= 0.6 is 0 Å². The van der Waals surface area contributed by atoms with Crippen LogP contribution in [0.1, 0.15) is 30.7 Å². The second kappa shape index (κ2) is 5.51. The van der Waals surface area contributed by atoms with Crippen molar-refractivity contribution in [2.45, 2.75) is 37.3 Å². The first-order valence-electron chi connectivity index (χ1n) is 7.33. The molecule has 1 unspecified atom stereocenters. The summed E-state index contributed by atoms with van der Waals surface area (Å²) in [7, 11) is 3.93. The number of benzene rings is 1. The van der Waals surface area contributed by atoms with Gasteiger partial charge in [0.25, 0.3) is 0 Å². The summed E-state index contributed by atoms with van der Waals surface area (Å²) >= 11 is 0. The van der Waals surface area contributed by atoms with Crippen LogP contribution in [0.15, 0.2) is 24.3 Å². The van der Waals surface area contributed by atoms with Gasteiger partial charge in [-0.15, -0.1) is 0 Å². The summed E-state index contributed by atoms with van der Waals surface area (Å²) in [6.07, 6.45) is 3.87. The highest BCUT2D eigenvalue weighted by Crippen LogP contribution is 2.37. The van der Waals surface area contributed by atoms with E-state index in [1.165, 1.54) is 37.9 Å². The fourth-order valence-electron chi connectivity index (χ4n) is 3.31. The summed E-state index contributed by atoms with van der Waals surface area (Å²) in [5, 5.41) is 3.80. The zero-order chi connectivity index (χ0) is 13.2. The summed E-state index contributed by atoms with van der Waals surface area (Å²) < 4.78 is 5.20. The Kier molecular flexibility index (Phi) is 3.76. The number of methoxy groups -OCH3 is 1. The number of nitrogens with one attached hydrogen (secondary N) is 1. The molecular weight excluding hydrogens is 236 g/mol. The molecule has 1 atom stereocenters. The first-order valence-corrected chi connectivity index (χ1v) is 7.33. The number of likely N-dealkylation sites (tertiary alicyclic amines) is 1. The molecular formula is C16H24N2O. The van der Waals surface area contributed by atoms with E-state index in [1.54, 1.807) is 7.11 Å². The summed E-state index contributed by atoms with van der Waals surface area (Å²) in [6.45, 7) is 2.45. The van der Waals surface area contributed by atoms with Crippen LogP contribution in [0.5, 0.6) is 5.75 Å². The van der Waals surface area contributed by atoms with Crippen molar-refractivity contribution in [1.29, 1.82) is 0 Å².